The molecule has 0 atom stereocenters. The van der Waals surface area contributed by atoms with Crippen molar-refractivity contribution >= 4 is 44.1 Å². The van der Waals surface area contributed by atoms with Gasteiger partial charge in [0, 0.05) is 62.3 Å². The van der Waals surface area contributed by atoms with Gasteiger partial charge >= 0.3 is 6.36 Å². The lowest BCUT2D eigenvalue weighted by Crippen LogP contribution is -2.48. The van der Waals surface area contributed by atoms with Crippen LogP contribution in [0.2, 0.25) is 5.02 Å². The second kappa shape index (κ2) is 11.5. The van der Waals surface area contributed by atoms with E-state index in [-0.39, 0.29) is 16.0 Å². The van der Waals surface area contributed by atoms with E-state index in [4.69, 9.17) is 11.6 Å². The lowest BCUT2D eigenvalue weighted by Gasteiger charge is -2.34. The number of aromatic nitrogens is 2. The van der Waals surface area contributed by atoms with E-state index >= 15 is 0 Å². The van der Waals surface area contributed by atoms with Gasteiger partial charge in [-0.05, 0) is 42.0 Å². The van der Waals surface area contributed by atoms with Crippen LogP contribution in [-0.2, 0) is 16.6 Å². The van der Waals surface area contributed by atoms with Gasteiger partial charge < -0.3 is 9.64 Å². The molecule has 1 fully saturated rings. The number of nitrogens with one attached hydrogen (secondary N) is 1. The minimum Gasteiger partial charge on any atom is -0.404 e. The molecule has 214 valence electrons. The molecule has 1 N–H and O–H groups in total. The van der Waals surface area contributed by atoms with Crippen molar-refractivity contribution < 1.29 is 31.1 Å². The molecule has 1 amide bonds. The number of piperazine rings is 1. The molecule has 1 aliphatic rings. The molecule has 0 saturated carbocycles. The third-order valence-electron chi connectivity index (χ3n) is 6.41. The van der Waals surface area contributed by atoms with Crippen LogP contribution in [0.5, 0.6) is 5.75 Å². The zero-order valence-electron chi connectivity index (χ0n) is 21.3. The molecule has 0 aliphatic carbocycles. The molecule has 41 heavy (non-hydrogen) atoms. The highest BCUT2D eigenvalue weighted by Crippen LogP contribution is 2.34. The van der Waals surface area contributed by atoms with E-state index in [0.717, 1.165) is 17.7 Å². The Morgan fingerprint density at radius 1 is 1.02 bits per heavy atom. The zero-order chi connectivity index (χ0) is 29.2. The van der Waals surface area contributed by atoms with Crippen molar-refractivity contribution in [2.75, 3.05) is 30.9 Å². The number of carbonyl (C=O) groups is 1. The number of hydrogen-bond donors (Lipinski definition) is 1. The fourth-order valence-corrected chi connectivity index (χ4v) is 5.98. The standard InChI is InChI=1S/C27H23ClF3N5O4S/c28-21-13-18(15-32-16-21)17-35-9-11-36(12-10-35)26(37)20-6-7-22(23(14-20)40-27(29,30)31)34-41(38,39)24-5-1-3-19-4-2-8-33-25(19)24/h1-8,13-16,34H,9-12,17H2. The Morgan fingerprint density at radius 3 is 2.51 bits per heavy atom. The van der Waals surface area contributed by atoms with Crippen LogP contribution in [0.3, 0.4) is 0 Å². The fraction of sp³-hybridized carbons (Fsp3) is 0.222. The maximum absolute atomic E-state index is 13.3. The Labute approximate surface area is 238 Å². The van der Waals surface area contributed by atoms with Crippen molar-refractivity contribution in [3.63, 3.8) is 0 Å². The predicted molar refractivity (Wildman–Crippen MR) is 146 cm³/mol. The van der Waals surface area contributed by atoms with Crippen LogP contribution in [0.25, 0.3) is 10.9 Å². The zero-order valence-corrected chi connectivity index (χ0v) is 22.9. The number of rotatable bonds is 7. The summed E-state index contributed by atoms with van der Waals surface area (Å²) in [5.41, 5.74) is 0.514. The predicted octanol–water partition coefficient (Wildman–Crippen LogP) is 4.94. The van der Waals surface area contributed by atoms with Crippen LogP contribution in [0, 0.1) is 0 Å². The van der Waals surface area contributed by atoms with Crippen LogP contribution in [0.4, 0.5) is 18.9 Å². The molecule has 1 aliphatic heterocycles. The molecule has 2 aromatic carbocycles. The lowest BCUT2D eigenvalue weighted by molar-refractivity contribution is -0.274. The number of nitrogens with zero attached hydrogens (tertiary/aromatic N) is 4. The average Bonchev–Trinajstić information content (AvgIpc) is 2.93. The summed E-state index contributed by atoms with van der Waals surface area (Å²) in [6, 6.07) is 12.8. The van der Waals surface area contributed by atoms with Gasteiger partial charge in [-0.25, -0.2) is 8.42 Å². The number of halogens is 4. The van der Waals surface area contributed by atoms with Gasteiger partial charge in [-0.3, -0.25) is 24.4 Å². The number of pyridine rings is 2. The van der Waals surface area contributed by atoms with E-state index < -0.39 is 33.7 Å². The van der Waals surface area contributed by atoms with Crippen LogP contribution >= 0.6 is 11.6 Å². The molecular weight excluding hydrogens is 583 g/mol. The van der Waals surface area contributed by atoms with Gasteiger partial charge in [0.05, 0.1) is 16.2 Å². The quantitative estimate of drug-likeness (QED) is 0.318. The summed E-state index contributed by atoms with van der Waals surface area (Å²) in [4.78, 5) is 24.8. The number of hydrogen-bond acceptors (Lipinski definition) is 7. The van der Waals surface area contributed by atoms with E-state index in [9.17, 15) is 26.4 Å². The Bertz CT molecular complexity index is 1690. The molecule has 1 saturated heterocycles. The van der Waals surface area contributed by atoms with Gasteiger partial charge in [0.15, 0.2) is 5.75 Å². The van der Waals surface area contributed by atoms with Crippen LogP contribution in [0.15, 0.2) is 78.1 Å². The van der Waals surface area contributed by atoms with Gasteiger partial charge in [0.1, 0.15) is 4.90 Å². The third-order valence-corrected chi connectivity index (χ3v) is 8.01. The molecule has 14 heteroatoms. The van der Waals surface area contributed by atoms with Crippen LogP contribution in [0.1, 0.15) is 15.9 Å². The van der Waals surface area contributed by atoms with E-state index in [1.54, 1.807) is 30.5 Å². The van der Waals surface area contributed by atoms with Crippen LogP contribution in [-0.4, -0.2) is 66.6 Å². The number of anilines is 1. The molecule has 0 unspecified atom stereocenters. The monoisotopic (exact) mass is 605 g/mol. The lowest BCUT2D eigenvalue weighted by atomic mass is 10.1. The van der Waals surface area contributed by atoms with Crippen molar-refractivity contribution in [1.82, 2.24) is 19.8 Å². The number of para-hydroxylation sites is 1. The largest absolute Gasteiger partial charge is 0.573 e. The van der Waals surface area contributed by atoms with E-state index in [0.29, 0.717) is 43.1 Å². The van der Waals surface area contributed by atoms with Crippen LogP contribution < -0.4 is 9.46 Å². The van der Waals surface area contributed by atoms with Crippen molar-refractivity contribution in [2.45, 2.75) is 17.8 Å². The Kier molecular flexibility index (Phi) is 8.02. The minimum absolute atomic E-state index is 0.0773. The average molecular weight is 606 g/mol. The minimum atomic E-state index is -5.14. The maximum Gasteiger partial charge on any atom is 0.573 e. The van der Waals surface area contributed by atoms with E-state index in [2.05, 4.69) is 24.3 Å². The normalized spacial score (nSPS) is 14.7. The topological polar surface area (TPSA) is 105 Å². The highest BCUT2D eigenvalue weighted by molar-refractivity contribution is 7.93. The third kappa shape index (κ3) is 6.87. The first-order valence-electron chi connectivity index (χ1n) is 12.4. The van der Waals surface area contributed by atoms with Gasteiger partial charge in [-0.1, -0.05) is 29.8 Å². The van der Waals surface area contributed by atoms with Gasteiger partial charge in [-0.15, -0.1) is 13.2 Å². The molecule has 5 rings (SSSR count). The highest BCUT2D eigenvalue weighted by atomic mass is 35.5. The fourth-order valence-electron chi connectivity index (χ4n) is 4.53. The summed E-state index contributed by atoms with van der Waals surface area (Å²) in [6.45, 7) is 2.32. The summed E-state index contributed by atoms with van der Waals surface area (Å²) < 4.78 is 72.6. The molecule has 0 spiro atoms. The number of benzene rings is 2. The van der Waals surface area contributed by atoms with Crippen molar-refractivity contribution in [2.24, 2.45) is 0 Å². The number of carbonyl (C=O) groups excluding carboxylic acids is 1. The van der Waals surface area contributed by atoms with Gasteiger partial charge in [0.2, 0.25) is 0 Å². The summed E-state index contributed by atoms with van der Waals surface area (Å²) in [5, 5.41) is 1.06. The molecule has 4 aromatic rings. The maximum atomic E-state index is 13.3. The Hall–Kier alpha value is -3.94. The van der Waals surface area contributed by atoms with Gasteiger partial charge in [-0.2, -0.15) is 0 Å². The second-order valence-electron chi connectivity index (χ2n) is 9.28. The molecule has 0 bridgehead atoms. The molecule has 2 aromatic heterocycles. The molecule has 0 radical (unpaired) electrons. The summed E-state index contributed by atoms with van der Waals surface area (Å²) in [5.74, 6) is -1.36. The highest BCUT2D eigenvalue weighted by Gasteiger charge is 2.34. The molecule has 3 heterocycles. The second-order valence-corrected chi connectivity index (χ2v) is 11.4. The Balaban J connectivity index is 1.34. The number of ether oxygens (including phenoxy) is 1. The molecule has 9 nitrogen and oxygen atoms in total. The summed E-state index contributed by atoms with van der Waals surface area (Å²) in [6.07, 6.45) is -0.481. The SMILES string of the molecule is O=C(c1ccc(NS(=O)(=O)c2cccc3cccnc23)c(OC(F)(F)F)c1)N1CCN(Cc2cncc(Cl)c2)CC1. The Morgan fingerprint density at radius 2 is 1.78 bits per heavy atom. The van der Waals surface area contributed by atoms with Crippen molar-refractivity contribution in [3.05, 3.63) is 89.3 Å². The number of sulfonamides is 1. The van der Waals surface area contributed by atoms with Gasteiger partial charge in [0.25, 0.3) is 15.9 Å². The van der Waals surface area contributed by atoms with Crippen molar-refractivity contribution in [1.29, 1.82) is 0 Å². The first-order chi connectivity index (χ1) is 19.5. The summed E-state index contributed by atoms with van der Waals surface area (Å²) in [7, 11) is -4.38. The van der Waals surface area contributed by atoms with E-state index in [1.165, 1.54) is 35.5 Å². The smallest absolute Gasteiger partial charge is 0.404 e. The van der Waals surface area contributed by atoms with E-state index in [1.807, 2.05) is 0 Å². The number of fused-ring (bicyclic) bond motifs is 1. The first kappa shape index (κ1) is 28.6. The summed E-state index contributed by atoms with van der Waals surface area (Å²) >= 11 is 5.99. The number of amides is 1. The first-order valence-corrected chi connectivity index (χ1v) is 14.2. The van der Waals surface area contributed by atoms with Crippen molar-refractivity contribution in [3.8, 4) is 5.75 Å². The number of alkyl halides is 3. The molecular formula is C27H23ClF3N5O4S.